The lowest BCUT2D eigenvalue weighted by Crippen LogP contribution is -2.15. The van der Waals surface area contributed by atoms with Gasteiger partial charge in [-0.3, -0.25) is 9.78 Å². The lowest BCUT2D eigenvalue weighted by Gasteiger charge is -2.27. The Morgan fingerprint density at radius 2 is 2.03 bits per heavy atom. The predicted octanol–water partition coefficient (Wildman–Crippen LogP) is 4.24. The maximum absolute atomic E-state index is 10.8. The molecule has 1 atom stereocenters. The molecule has 2 heterocycles. The zero-order chi connectivity index (χ0) is 20.2. The molecule has 6 nitrogen and oxygen atoms in total. The summed E-state index contributed by atoms with van der Waals surface area (Å²) in [6.07, 6.45) is 5.73. The summed E-state index contributed by atoms with van der Waals surface area (Å²) in [6.45, 7) is 0. The van der Waals surface area contributed by atoms with Gasteiger partial charge >= 0.3 is 5.97 Å². The van der Waals surface area contributed by atoms with Crippen LogP contribution in [-0.2, 0) is 17.6 Å². The van der Waals surface area contributed by atoms with Gasteiger partial charge in [0.15, 0.2) is 0 Å². The fourth-order valence-corrected chi connectivity index (χ4v) is 3.51. The Morgan fingerprint density at radius 1 is 1.21 bits per heavy atom. The normalized spacial score (nSPS) is 15.3. The van der Waals surface area contributed by atoms with E-state index in [2.05, 4.69) is 22.1 Å². The van der Waals surface area contributed by atoms with Crippen molar-refractivity contribution in [2.24, 2.45) is 0 Å². The van der Waals surface area contributed by atoms with E-state index >= 15 is 0 Å². The van der Waals surface area contributed by atoms with Crippen molar-refractivity contribution in [3.8, 4) is 22.9 Å². The van der Waals surface area contributed by atoms with Gasteiger partial charge in [0, 0.05) is 12.0 Å². The summed E-state index contributed by atoms with van der Waals surface area (Å²) < 4.78 is 11.4. The number of fused-ring (bicyclic) bond motifs is 1. The maximum atomic E-state index is 10.8. The number of benzene rings is 2. The van der Waals surface area contributed by atoms with Crippen LogP contribution in [0.1, 0.15) is 35.6 Å². The van der Waals surface area contributed by atoms with E-state index in [9.17, 15) is 4.79 Å². The lowest BCUT2D eigenvalue weighted by atomic mass is 9.95. The average molecular weight is 390 g/mol. The van der Waals surface area contributed by atoms with Crippen LogP contribution in [0.5, 0.6) is 11.6 Å². The molecule has 1 aliphatic rings. The van der Waals surface area contributed by atoms with Gasteiger partial charge in [-0.2, -0.15) is 0 Å². The summed E-state index contributed by atoms with van der Waals surface area (Å²) in [5.41, 5.74) is 4.98. The molecule has 0 radical (unpaired) electrons. The summed E-state index contributed by atoms with van der Waals surface area (Å²) in [5.74, 6) is 0.548. The van der Waals surface area contributed by atoms with E-state index in [0.717, 1.165) is 41.0 Å². The van der Waals surface area contributed by atoms with Gasteiger partial charge in [-0.25, -0.2) is 4.98 Å². The number of aliphatic carboxylic acids is 1. The van der Waals surface area contributed by atoms with Crippen molar-refractivity contribution in [3.63, 3.8) is 0 Å². The summed E-state index contributed by atoms with van der Waals surface area (Å²) in [4.78, 5) is 19.4. The minimum absolute atomic E-state index is 0.0253. The first kappa shape index (κ1) is 18.9. The minimum Gasteiger partial charge on any atom is -0.485 e. The van der Waals surface area contributed by atoms with E-state index in [1.807, 2.05) is 30.3 Å². The van der Waals surface area contributed by atoms with Crippen molar-refractivity contribution in [3.05, 3.63) is 71.5 Å². The lowest BCUT2D eigenvalue weighted by molar-refractivity contribution is -0.136. The molecular formula is C23H22N2O4. The number of carboxylic acids is 1. The van der Waals surface area contributed by atoms with E-state index in [-0.39, 0.29) is 12.5 Å². The van der Waals surface area contributed by atoms with Crippen LogP contribution in [0.15, 0.2) is 54.9 Å². The zero-order valence-electron chi connectivity index (χ0n) is 16.2. The topological polar surface area (TPSA) is 81.5 Å². The van der Waals surface area contributed by atoms with Gasteiger partial charge in [-0.15, -0.1) is 0 Å². The third-order valence-corrected chi connectivity index (χ3v) is 5.10. The van der Waals surface area contributed by atoms with Crippen LogP contribution < -0.4 is 9.47 Å². The van der Waals surface area contributed by atoms with Crippen molar-refractivity contribution in [1.29, 1.82) is 0 Å². The second-order valence-electron chi connectivity index (χ2n) is 7.05. The van der Waals surface area contributed by atoms with E-state index in [1.54, 1.807) is 19.5 Å². The Morgan fingerprint density at radius 3 is 2.79 bits per heavy atom. The smallest absolute Gasteiger partial charge is 0.303 e. The zero-order valence-corrected chi connectivity index (χ0v) is 16.2. The van der Waals surface area contributed by atoms with Gasteiger partial charge in [0.1, 0.15) is 11.9 Å². The summed E-state index contributed by atoms with van der Waals surface area (Å²) in [6, 6.07) is 14.2. The number of ether oxygens (including phenoxy) is 2. The summed E-state index contributed by atoms with van der Waals surface area (Å²) in [7, 11) is 1.57. The van der Waals surface area contributed by atoms with Crippen LogP contribution in [0.25, 0.3) is 11.3 Å². The highest BCUT2D eigenvalue weighted by Gasteiger charge is 2.22. The largest absolute Gasteiger partial charge is 0.485 e. The Bertz CT molecular complexity index is 1020. The van der Waals surface area contributed by atoms with Crippen LogP contribution in [-0.4, -0.2) is 28.2 Å². The second-order valence-corrected chi connectivity index (χ2v) is 7.05. The standard InChI is InChI=1S/C23H22N2O4/c1-28-22-14-24-13-19(25-22)16-5-7-17(8-6-16)20-10-9-18-4-2-15(3-11-23(26)27)12-21(18)29-20/h2,4-8,12-14,20H,3,9-11H2,1H3,(H,26,27). The molecule has 29 heavy (non-hydrogen) atoms. The van der Waals surface area contributed by atoms with E-state index in [1.165, 1.54) is 5.56 Å². The molecule has 0 amide bonds. The van der Waals surface area contributed by atoms with Gasteiger partial charge in [-0.05, 0) is 42.0 Å². The molecule has 0 saturated carbocycles. The SMILES string of the molecule is COc1cncc(-c2ccc(C3CCc4ccc(CCC(=O)O)cc4O3)cc2)n1. The second kappa shape index (κ2) is 8.31. The predicted molar refractivity (Wildman–Crippen MR) is 108 cm³/mol. The highest BCUT2D eigenvalue weighted by atomic mass is 16.5. The number of carboxylic acid groups (broad SMARTS) is 1. The molecular weight excluding hydrogens is 368 g/mol. The molecule has 0 aliphatic carbocycles. The molecule has 2 aromatic carbocycles. The van der Waals surface area contributed by atoms with Crippen molar-refractivity contribution in [2.75, 3.05) is 7.11 Å². The first-order valence-electron chi connectivity index (χ1n) is 9.59. The quantitative estimate of drug-likeness (QED) is 0.678. The Hall–Kier alpha value is -3.41. The molecule has 0 fully saturated rings. The van der Waals surface area contributed by atoms with Crippen LogP contribution in [0.2, 0.25) is 0 Å². The Kier molecular flexibility index (Phi) is 5.42. The maximum Gasteiger partial charge on any atom is 0.303 e. The molecule has 1 aromatic heterocycles. The van der Waals surface area contributed by atoms with Crippen molar-refractivity contribution >= 4 is 5.97 Å². The molecule has 6 heteroatoms. The van der Waals surface area contributed by atoms with Crippen molar-refractivity contribution in [2.45, 2.75) is 31.8 Å². The third kappa shape index (κ3) is 4.37. The number of carbonyl (C=O) groups is 1. The fraction of sp³-hybridized carbons (Fsp3) is 0.261. The van der Waals surface area contributed by atoms with Gasteiger partial charge in [0.2, 0.25) is 5.88 Å². The van der Waals surface area contributed by atoms with Gasteiger partial charge in [0.05, 0.1) is 25.2 Å². The summed E-state index contributed by atoms with van der Waals surface area (Å²) in [5, 5.41) is 8.89. The van der Waals surface area contributed by atoms with Crippen molar-refractivity contribution in [1.82, 2.24) is 9.97 Å². The molecule has 0 saturated heterocycles. The number of nitrogens with zero attached hydrogens (tertiary/aromatic N) is 2. The van der Waals surface area contributed by atoms with Crippen LogP contribution in [0, 0.1) is 0 Å². The molecule has 148 valence electrons. The third-order valence-electron chi connectivity index (χ3n) is 5.10. The molecule has 1 aliphatic heterocycles. The Balaban J connectivity index is 1.50. The van der Waals surface area contributed by atoms with Gasteiger partial charge < -0.3 is 14.6 Å². The number of rotatable bonds is 6. The first-order valence-corrected chi connectivity index (χ1v) is 9.59. The van der Waals surface area contributed by atoms with E-state index in [0.29, 0.717) is 12.3 Å². The monoisotopic (exact) mass is 390 g/mol. The number of methoxy groups -OCH3 is 1. The molecule has 4 rings (SSSR count). The van der Waals surface area contributed by atoms with Crippen LogP contribution in [0.4, 0.5) is 0 Å². The van der Waals surface area contributed by atoms with Gasteiger partial charge in [-0.1, -0.05) is 36.4 Å². The number of hydrogen-bond acceptors (Lipinski definition) is 5. The van der Waals surface area contributed by atoms with Crippen LogP contribution >= 0.6 is 0 Å². The molecule has 0 spiro atoms. The van der Waals surface area contributed by atoms with Gasteiger partial charge in [0.25, 0.3) is 0 Å². The fourth-order valence-electron chi connectivity index (χ4n) is 3.51. The van der Waals surface area contributed by atoms with Crippen LogP contribution in [0.3, 0.4) is 0 Å². The molecule has 1 N–H and O–H groups in total. The highest BCUT2D eigenvalue weighted by molar-refractivity contribution is 5.67. The van der Waals surface area contributed by atoms with Crippen molar-refractivity contribution < 1.29 is 19.4 Å². The first-order chi connectivity index (χ1) is 14.1. The minimum atomic E-state index is -0.790. The average Bonchev–Trinajstić information content (AvgIpc) is 2.77. The summed E-state index contributed by atoms with van der Waals surface area (Å²) >= 11 is 0. The van der Waals surface area contributed by atoms with E-state index < -0.39 is 5.97 Å². The highest BCUT2D eigenvalue weighted by Crippen LogP contribution is 2.36. The Labute approximate surface area is 169 Å². The number of aryl methyl sites for hydroxylation is 2. The van der Waals surface area contributed by atoms with E-state index in [4.69, 9.17) is 14.6 Å². The number of hydrogen-bond donors (Lipinski definition) is 1. The number of aromatic nitrogens is 2. The molecule has 3 aromatic rings. The molecule has 1 unspecified atom stereocenters. The molecule has 0 bridgehead atoms.